The molecule has 1 saturated heterocycles. The van der Waals surface area contributed by atoms with E-state index in [2.05, 4.69) is 10.2 Å². The minimum atomic E-state index is -0.624. The molecular formula is C19H21N3O3. The fourth-order valence-electron chi connectivity index (χ4n) is 2.84. The standard InChI is InChI=1S/C19H21N3O3/c1-25-17-9-5-6-15(14-17)20-18(23)19(24)22-12-10-21(11-13-22)16-7-3-2-4-8-16/h2-9,14H,10-13H2,1H3,(H,20,23). The van der Waals surface area contributed by atoms with E-state index in [0.717, 1.165) is 5.69 Å². The van der Waals surface area contributed by atoms with Gasteiger partial charge in [-0.15, -0.1) is 0 Å². The smallest absolute Gasteiger partial charge is 0.313 e. The highest BCUT2D eigenvalue weighted by Gasteiger charge is 2.26. The lowest BCUT2D eigenvalue weighted by Gasteiger charge is -2.35. The highest BCUT2D eigenvalue weighted by molar-refractivity contribution is 6.39. The molecule has 0 saturated carbocycles. The molecule has 6 nitrogen and oxygen atoms in total. The maximum absolute atomic E-state index is 12.4. The van der Waals surface area contributed by atoms with Crippen molar-refractivity contribution in [3.05, 3.63) is 54.6 Å². The van der Waals surface area contributed by atoms with Gasteiger partial charge in [0.05, 0.1) is 7.11 Å². The van der Waals surface area contributed by atoms with Crippen LogP contribution in [0.15, 0.2) is 54.6 Å². The Labute approximate surface area is 147 Å². The first kappa shape index (κ1) is 16.8. The number of ether oxygens (including phenoxy) is 1. The summed E-state index contributed by atoms with van der Waals surface area (Å²) < 4.78 is 5.11. The minimum absolute atomic E-state index is 0.504. The van der Waals surface area contributed by atoms with Gasteiger partial charge in [-0.2, -0.15) is 0 Å². The monoisotopic (exact) mass is 339 g/mol. The molecule has 0 radical (unpaired) electrons. The third-order valence-electron chi connectivity index (χ3n) is 4.21. The maximum Gasteiger partial charge on any atom is 0.313 e. The van der Waals surface area contributed by atoms with Crippen LogP contribution < -0.4 is 15.0 Å². The Morgan fingerprint density at radius 3 is 2.36 bits per heavy atom. The number of carbonyl (C=O) groups excluding carboxylic acids is 2. The largest absolute Gasteiger partial charge is 0.497 e. The van der Waals surface area contributed by atoms with E-state index < -0.39 is 11.8 Å². The SMILES string of the molecule is COc1cccc(NC(=O)C(=O)N2CCN(c3ccccc3)CC2)c1. The quantitative estimate of drug-likeness (QED) is 0.869. The molecule has 1 N–H and O–H groups in total. The highest BCUT2D eigenvalue weighted by atomic mass is 16.5. The Morgan fingerprint density at radius 2 is 1.68 bits per heavy atom. The Kier molecular flexibility index (Phi) is 5.18. The number of para-hydroxylation sites is 1. The molecule has 2 aromatic carbocycles. The van der Waals surface area contributed by atoms with Gasteiger partial charge in [0, 0.05) is 43.6 Å². The van der Waals surface area contributed by atoms with Gasteiger partial charge in [-0.3, -0.25) is 9.59 Å². The Hall–Kier alpha value is -3.02. The van der Waals surface area contributed by atoms with E-state index in [4.69, 9.17) is 4.74 Å². The van der Waals surface area contributed by atoms with Gasteiger partial charge in [0.25, 0.3) is 0 Å². The number of carbonyl (C=O) groups is 2. The van der Waals surface area contributed by atoms with Crippen LogP contribution in [-0.2, 0) is 9.59 Å². The van der Waals surface area contributed by atoms with Gasteiger partial charge in [-0.25, -0.2) is 0 Å². The van der Waals surface area contributed by atoms with E-state index >= 15 is 0 Å². The van der Waals surface area contributed by atoms with Crippen molar-refractivity contribution in [3.8, 4) is 5.75 Å². The summed E-state index contributed by atoms with van der Waals surface area (Å²) in [5.74, 6) is -0.501. The predicted octanol–water partition coefficient (Wildman–Crippen LogP) is 1.98. The molecule has 6 heteroatoms. The van der Waals surface area contributed by atoms with E-state index in [1.165, 1.54) is 0 Å². The van der Waals surface area contributed by atoms with Crippen LogP contribution in [0.2, 0.25) is 0 Å². The molecule has 0 spiro atoms. The third kappa shape index (κ3) is 4.09. The number of methoxy groups -OCH3 is 1. The van der Waals surface area contributed by atoms with Gasteiger partial charge in [0.2, 0.25) is 0 Å². The summed E-state index contributed by atoms with van der Waals surface area (Å²) in [7, 11) is 1.55. The van der Waals surface area contributed by atoms with Gasteiger partial charge in [-0.1, -0.05) is 24.3 Å². The number of anilines is 2. The molecule has 2 amide bonds. The average Bonchev–Trinajstić information content (AvgIpc) is 2.68. The Morgan fingerprint density at radius 1 is 0.960 bits per heavy atom. The van der Waals surface area contributed by atoms with Crippen molar-refractivity contribution in [2.45, 2.75) is 0 Å². The number of rotatable bonds is 3. The molecule has 1 heterocycles. The van der Waals surface area contributed by atoms with Crippen molar-refractivity contribution in [3.63, 3.8) is 0 Å². The summed E-state index contributed by atoms with van der Waals surface area (Å²) in [6.45, 7) is 2.48. The molecule has 3 rings (SSSR count). The lowest BCUT2D eigenvalue weighted by molar-refractivity contribution is -0.143. The molecular weight excluding hydrogens is 318 g/mol. The first-order valence-electron chi connectivity index (χ1n) is 8.21. The van der Waals surface area contributed by atoms with E-state index in [0.29, 0.717) is 37.6 Å². The molecule has 25 heavy (non-hydrogen) atoms. The molecule has 130 valence electrons. The van der Waals surface area contributed by atoms with Gasteiger partial charge in [0.1, 0.15) is 5.75 Å². The second-order valence-corrected chi connectivity index (χ2v) is 5.80. The molecule has 1 aliphatic rings. The number of piperazine rings is 1. The number of hydrogen-bond donors (Lipinski definition) is 1. The summed E-state index contributed by atoms with van der Waals surface area (Å²) in [4.78, 5) is 28.4. The van der Waals surface area contributed by atoms with Gasteiger partial charge in [-0.05, 0) is 24.3 Å². The molecule has 0 atom stereocenters. The van der Waals surface area contributed by atoms with Crippen LogP contribution in [-0.4, -0.2) is 50.0 Å². The Bertz CT molecular complexity index is 741. The molecule has 0 bridgehead atoms. The zero-order valence-corrected chi connectivity index (χ0v) is 14.1. The summed E-state index contributed by atoms with van der Waals surface area (Å²) in [5.41, 5.74) is 1.68. The van der Waals surface area contributed by atoms with Gasteiger partial charge < -0.3 is 19.9 Å². The number of benzene rings is 2. The zero-order valence-electron chi connectivity index (χ0n) is 14.1. The molecule has 2 aromatic rings. The van der Waals surface area contributed by atoms with E-state index in [1.807, 2.05) is 30.3 Å². The summed E-state index contributed by atoms with van der Waals surface area (Å²) >= 11 is 0. The molecule has 1 fully saturated rings. The second-order valence-electron chi connectivity index (χ2n) is 5.80. The van der Waals surface area contributed by atoms with Crippen molar-refractivity contribution in [2.75, 3.05) is 43.5 Å². The van der Waals surface area contributed by atoms with Crippen LogP contribution in [0, 0.1) is 0 Å². The number of amides is 2. The lowest BCUT2D eigenvalue weighted by Crippen LogP contribution is -2.51. The highest BCUT2D eigenvalue weighted by Crippen LogP contribution is 2.18. The first-order chi connectivity index (χ1) is 12.2. The van der Waals surface area contributed by atoms with Crippen LogP contribution in [0.1, 0.15) is 0 Å². The number of nitrogens with zero attached hydrogens (tertiary/aromatic N) is 2. The van der Waals surface area contributed by atoms with Crippen LogP contribution >= 0.6 is 0 Å². The maximum atomic E-state index is 12.4. The fraction of sp³-hybridized carbons (Fsp3) is 0.263. The summed E-state index contributed by atoms with van der Waals surface area (Å²) in [6.07, 6.45) is 0. The van der Waals surface area contributed by atoms with Crippen molar-refractivity contribution in [1.82, 2.24) is 4.90 Å². The van der Waals surface area contributed by atoms with E-state index in [1.54, 1.807) is 36.3 Å². The third-order valence-corrected chi connectivity index (χ3v) is 4.21. The Balaban J connectivity index is 1.56. The summed E-state index contributed by atoms with van der Waals surface area (Å²) in [6, 6.07) is 17.0. The lowest BCUT2D eigenvalue weighted by atomic mass is 10.2. The summed E-state index contributed by atoms with van der Waals surface area (Å²) in [5, 5.41) is 2.63. The molecule has 0 aromatic heterocycles. The average molecular weight is 339 g/mol. The van der Waals surface area contributed by atoms with E-state index in [9.17, 15) is 9.59 Å². The van der Waals surface area contributed by atoms with Crippen molar-refractivity contribution in [2.24, 2.45) is 0 Å². The van der Waals surface area contributed by atoms with Crippen molar-refractivity contribution < 1.29 is 14.3 Å². The second kappa shape index (κ2) is 7.70. The molecule has 0 unspecified atom stereocenters. The van der Waals surface area contributed by atoms with Crippen molar-refractivity contribution in [1.29, 1.82) is 0 Å². The van der Waals surface area contributed by atoms with Crippen LogP contribution in [0.25, 0.3) is 0 Å². The van der Waals surface area contributed by atoms with Gasteiger partial charge in [0.15, 0.2) is 0 Å². The topological polar surface area (TPSA) is 61.9 Å². The van der Waals surface area contributed by atoms with Crippen molar-refractivity contribution >= 4 is 23.2 Å². The first-order valence-corrected chi connectivity index (χ1v) is 8.21. The minimum Gasteiger partial charge on any atom is -0.497 e. The van der Waals surface area contributed by atoms with Crippen LogP contribution in [0.4, 0.5) is 11.4 Å². The fourth-order valence-corrected chi connectivity index (χ4v) is 2.84. The number of hydrogen-bond acceptors (Lipinski definition) is 4. The molecule has 1 aliphatic heterocycles. The van der Waals surface area contributed by atoms with E-state index in [-0.39, 0.29) is 0 Å². The normalized spacial score (nSPS) is 14.1. The van der Waals surface area contributed by atoms with Crippen LogP contribution in [0.3, 0.4) is 0 Å². The number of nitrogens with one attached hydrogen (secondary N) is 1. The predicted molar refractivity (Wildman–Crippen MR) is 96.9 cm³/mol. The van der Waals surface area contributed by atoms with Crippen LogP contribution in [0.5, 0.6) is 5.75 Å². The molecule has 0 aliphatic carbocycles. The zero-order chi connectivity index (χ0) is 17.6. The van der Waals surface area contributed by atoms with Gasteiger partial charge >= 0.3 is 11.8 Å².